The third kappa shape index (κ3) is 2.80. The van der Waals surface area contributed by atoms with E-state index in [0.717, 1.165) is 38.8 Å². The summed E-state index contributed by atoms with van der Waals surface area (Å²) < 4.78 is 5.45. The van der Waals surface area contributed by atoms with Gasteiger partial charge in [-0.05, 0) is 31.6 Å². The van der Waals surface area contributed by atoms with E-state index in [-0.39, 0.29) is 18.1 Å². The number of hydrogen-bond acceptors (Lipinski definition) is 3. The summed E-state index contributed by atoms with van der Waals surface area (Å²) in [6.07, 6.45) is 4.06. The summed E-state index contributed by atoms with van der Waals surface area (Å²) in [6.45, 7) is 3.83. The van der Waals surface area contributed by atoms with Crippen LogP contribution in [-0.4, -0.2) is 43.2 Å². The Morgan fingerprint density at radius 3 is 2.71 bits per heavy atom. The molecule has 4 unspecified atom stereocenters. The van der Waals surface area contributed by atoms with E-state index in [9.17, 15) is 4.79 Å². The Labute approximate surface area is 103 Å². The van der Waals surface area contributed by atoms with Gasteiger partial charge in [0.25, 0.3) is 0 Å². The maximum absolute atomic E-state index is 12.3. The van der Waals surface area contributed by atoms with Gasteiger partial charge in [0.05, 0.1) is 6.10 Å². The molecule has 98 valence electrons. The number of nitrogens with two attached hydrogens (primary N) is 1. The van der Waals surface area contributed by atoms with Crippen molar-refractivity contribution >= 4 is 5.91 Å². The molecular weight excluding hydrogens is 216 g/mol. The smallest absolute Gasteiger partial charge is 0.225 e. The second kappa shape index (κ2) is 5.36. The van der Waals surface area contributed by atoms with E-state index in [4.69, 9.17) is 10.5 Å². The lowest BCUT2D eigenvalue weighted by atomic mass is 9.94. The molecule has 2 N–H and O–H groups in total. The Balaban J connectivity index is 1.91. The van der Waals surface area contributed by atoms with Gasteiger partial charge in [-0.3, -0.25) is 4.79 Å². The van der Waals surface area contributed by atoms with Gasteiger partial charge in [0.1, 0.15) is 0 Å². The lowest BCUT2D eigenvalue weighted by molar-refractivity contribution is -0.140. The Morgan fingerprint density at radius 1 is 1.35 bits per heavy atom. The quantitative estimate of drug-likeness (QED) is 0.783. The van der Waals surface area contributed by atoms with Crippen molar-refractivity contribution in [1.82, 2.24) is 4.90 Å². The molecule has 1 saturated carbocycles. The van der Waals surface area contributed by atoms with E-state index in [0.29, 0.717) is 11.8 Å². The molecule has 1 saturated heterocycles. The summed E-state index contributed by atoms with van der Waals surface area (Å²) >= 11 is 0. The van der Waals surface area contributed by atoms with Gasteiger partial charge in [-0.2, -0.15) is 0 Å². The van der Waals surface area contributed by atoms with Gasteiger partial charge < -0.3 is 15.4 Å². The van der Waals surface area contributed by atoms with Crippen molar-refractivity contribution in [2.75, 3.05) is 20.2 Å². The van der Waals surface area contributed by atoms with Gasteiger partial charge in [0.2, 0.25) is 5.91 Å². The van der Waals surface area contributed by atoms with Gasteiger partial charge in [-0.1, -0.05) is 6.92 Å². The number of carbonyl (C=O) groups is 1. The molecule has 0 spiro atoms. The predicted molar refractivity (Wildman–Crippen MR) is 66.5 cm³/mol. The second-order valence-electron chi connectivity index (χ2n) is 5.59. The highest BCUT2D eigenvalue weighted by molar-refractivity contribution is 5.79. The van der Waals surface area contributed by atoms with Crippen LogP contribution in [0.4, 0.5) is 0 Å². The van der Waals surface area contributed by atoms with E-state index in [1.165, 1.54) is 0 Å². The molecule has 2 aliphatic rings. The fourth-order valence-electron chi connectivity index (χ4n) is 3.04. The van der Waals surface area contributed by atoms with E-state index < -0.39 is 0 Å². The maximum atomic E-state index is 12.3. The summed E-state index contributed by atoms with van der Waals surface area (Å²) in [5.74, 6) is 1.01. The van der Waals surface area contributed by atoms with Gasteiger partial charge >= 0.3 is 0 Å². The highest BCUT2D eigenvalue weighted by Crippen LogP contribution is 2.28. The summed E-state index contributed by atoms with van der Waals surface area (Å²) in [5.41, 5.74) is 5.87. The molecule has 0 aromatic carbocycles. The molecule has 0 radical (unpaired) electrons. The second-order valence-corrected chi connectivity index (χ2v) is 5.59. The molecule has 4 heteroatoms. The molecule has 4 nitrogen and oxygen atoms in total. The summed E-state index contributed by atoms with van der Waals surface area (Å²) in [4.78, 5) is 14.3. The van der Waals surface area contributed by atoms with Crippen LogP contribution in [-0.2, 0) is 9.53 Å². The largest absolute Gasteiger partial charge is 0.379 e. The third-order valence-corrected chi connectivity index (χ3v) is 4.33. The first-order valence-corrected chi connectivity index (χ1v) is 6.69. The number of likely N-dealkylation sites (tertiary alicyclic amines) is 1. The third-order valence-electron chi connectivity index (χ3n) is 4.33. The van der Waals surface area contributed by atoms with Crippen molar-refractivity contribution in [2.24, 2.45) is 17.6 Å². The molecule has 4 atom stereocenters. The normalized spacial score (nSPS) is 38.4. The van der Waals surface area contributed by atoms with Crippen LogP contribution >= 0.6 is 0 Å². The van der Waals surface area contributed by atoms with Crippen LogP contribution in [0.1, 0.15) is 32.6 Å². The van der Waals surface area contributed by atoms with Gasteiger partial charge in [-0.25, -0.2) is 0 Å². The van der Waals surface area contributed by atoms with E-state index in [1.54, 1.807) is 7.11 Å². The lowest BCUT2D eigenvalue weighted by Crippen LogP contribution is -2.48. The number of rotatable bonds is 2. The topological polar surface area (TPSA) is 55.6 Å². The van der Waals surface area contributed by atoms with Crippen molar-refractivity contribution in [3.05, 3.63) is 0 Å². The first-order chi connectivity index (χ1) is 8.11. The summed E-state index contributed by atoms with van der Waals surface area (Å²) in [7, 11) is 1.74. The van der Waals surface area contributed by atoms with Crippen LogP contribution in [0.2, 0.25) is 0 Å². The first kappa shape index (κ1) is 12.8. The van der Waals surface area contributed by atoms with Gasteiger partial charge in [-0.15, -0.1) is 0 Å². The molecule has 0 aromatic rings. The molecule has 2 rings (SSSR count). The van der Waals surface area contributed by atoms with Crippen LogP contribution < -0.4 is 5.73 Å². The number of hydrogen-bond donors (Lipinski definition) is 1. The molecule has 17 heavy (non-hydrogen) atoms. The maximum Gasteiger partial charge on any atom is 0.225 e. The van der Waals surface area contributed by atoms with Crippen LogP contribution in [0.25, 0.3) is 0 Å². The first-order valence-electron chi connectivity index (χ1n) is 6.69. The predicted octanol–water partition coefficient (Wildman–Crippen LogP) is 0.997. The average molecular weight is 240 g/mol. The zero-order valence-electron chi connectivity index (χ0n) is 10.9. The fourth-order valence-corrected chi connectivity index (χ4v) is 3.04. The van der Waals surface area contributed by atoms with Crippen molar-refractivity contribution in [3.8, 4) is 0 Å². The Kier molecular flexibility index (Phi) is 4.05. The molecule has 0 aromatic heterocycles. The Morgan fingerprint density at radius 2 is 2.12 bits per heavy atom. The van der Waals surface area contributed by atoms with Gasteiger partial charge in [0, 0.05) is 32.2 Å². The Hall–Kier alpha value is -0.610. The summed E-state index contributed by atoms with van der Waals surface area (Å²) in [6, 6.07) is 0.228. The van der Waals surface area contributed by atoms with Crippen LogP contribution in [0.15, 0.2) is 0 Å². The van der Waals surface area contributed by atoms with Gasteiger partial charge in [0.15, 0.2) is 0 Å². The van der Waals surface area contributed by atoms with E-state index >= 15 is 0 Å². The summed E-state index contributed by atoms with van der Waals surface area (Å²) in [5, 5.41) is 0. The zero-order chi connectivity index (χ0) is 12.4. The average Bonchev–Trinajstić information content (AvgIpc) is 2.75. The van der Waals surface area contributed by atoms with Crippen molar-refractivity contribution in [2.45, 2.75) is 44.8 Å². The SMILES string of the molecule is COC1CN(C(=O)C2CCC(N)C2)CCC1C. The number of methoxy groups -OCH3 is 1. The molecule has 1 aliphatic carbocycles. The minimum absolute atomic E-state index is 0.163. The number of nitrogens with zero attached hydrogens (tertiary/aromatic N) is 1. The van der Waals surface area contributed by atoms with Crippen LogP contribution in [0.3, 0.4) is 0 Å². The molecule has 1 heterocycles. The van der Waals surface area contributed by atoms with Crippen LogP contribution in [0.5, 0.6) is 0 Å². The molecule has 1 aliphatic heterocycles. The standard InChI is InChI=1S/C13H24N2O2/c1-9-5-6-15(8-12(9)17-2)13(16)10-3-4-11(14)7-10/h9-12H,3-8,14H2,1-2H3. The highest BCUT2D eigenvalue weighted by atomic mass is 16.5. The minimum atomic E-state index is 0.163. The fraction of sp³-hybridized carbons (Fsp3) is 0.923. The van der Waals surface area contributed by atoms with Crippen LogP contribution in [0, 0.1) is 11.8 Å². The molecular formula is C13H24N2O2. The van der Waals surface area contributed by atoms with Crippen molar-refractivity contribution in [1.29, 1.82) is 0 Å². The highest BCUT2D eigenvalue weighted by Gasteiger charge is 2.35. The molecule has 1 amide bonds. The van der Waals surface area contributed by atoms with E-state index in [2.05, 4.69) is 6.92 Å². The molecule has 2 fully saturated rings. The Bertz CT molecular complexity index is 283. The van der Waals surface area contributed by atoms with Crippen molar-refractivity contribution in [3.63, 3.8) is 0 Å². The number of piperidine rings is 1. The zero-order valence-corrected chi connectivity index (χ0v) is 10.9. The minimum Gasteiger partial charge on any atom is -0.379 e. The van der Waals surface area contributed by atoms with Crippen molar-refractivity contribution < 1.29 is 9.53 Å². The number of amides is 1. The molecule has 0 bridgehead atoms. The lowest BCUT2D eigenvalue weighted by Gasteiger charge is -2.37. The number of ether oxygens (including phenoxy) is 1. The number of carbonyl (C=O) groups excluding carboxylic acids is 1. The monoisotopic (exact) mass is 240 g/mol. The van der Waals surface area contributed by atoms with E-state index in [1.807, 2.05) is 4.90 Å².